The molecular formula is C10H24N2O2Si. The number of nitrogens with two attached hydrogens (primary N) is 1. The number of carbonyl (C=O) groups excluding carboxylic acids is 1. The zero-order valence-electron chi connectivity index (χ0n) is 10.7. The molecule has 1 unspecified atom stereocenters. The van der Waals surface area contributed by atoms with Gasteiger partial charge < -0.3 is 9.32 Å². The minimum Gasteiger partial charge on any atom is -0.329 e. The normalized spacial score (nSPS) is 15.5. The summed E-state index contributed by atoms with van der Waals surface area (Å²) in [6.07, 6.45) is 1.25. The SMILES string of the molecule is CC(CC=O)N(N)O[Si](C)(C)C(C)(C)C. The molecule has 0 rings (SSSR count). The Morgan fingerprint density at radius 1 is 1.47 bits per heavy atom. The molecule has 90 valence electrons. The maximum atomic E-state index is 10.4. The van der Waals surface area contributed by atoms with Crippen molar-refractivity contribution in [2.45, 2.75) is 58.3 Å². The molecule has 1 atom stereocenters. The molecule has 2 N–H and O–H groups in total. The Morgan fingerprint density at radius 3 is 2.27 bits per heavy atom. The van der Waals surface area contributed by atoms with Crippen molar-refractivity contribution in [1.82, 2.24) is 5.17 Å². The second-order valence-electron chi connectivity index (χ2n) is 5.46. The third-order valence-electron chi connectivity index (χ3n) is 3.01. The van der Waals surface area contributed by atoms with E-state index in [1.165, 1.54) is 5.17 Å². The van der Waals surface area contributed by atoms with Gasteiger partial charge in [-0.25, -0.2) is 5.84 Å². The van der Waals surface area contributed by atoms with Gasteiger partial charge in [-0.05, 0) is 25.1 Å². The summed E-state index contributed by atoms with van der Waals surface area (Å²) in [5.41, 5.74) is 0. The molecule has 4 nitrogen and oxygen atoms in total. The van der Waals surface area contributed by atoms with Crippen molar-refractivity contribution in [3.8, 4) is 0 Å². The van der Waals surface area contributed by atoms with Crippen LogP contribution in [0, 0.1) is 0 Å². The Hall–Kier alpha value is -0.233. The Bertz CT molecular complexity index is 214. The van der Waals surface area contributed by atoms with Gasteiger partial charge in [-0.3, -0.25) is 0 Å². The van der Waals surface area contributed by atoms with E-state index in [4.69, 9.17) is 10.4 Å². The number of hydrogen-bond donors (Lipinski definition) is 1. The molecular weight excluding hydrogens is 208 g/mol. The highest BCUT2D eigenvalue weighted by Gasteiger charge is 2.39. The average Bonchev–Trinajstić information content (AvgIpc) is 2.01. The molecule has 0 aromatic rings. The first kappa shape index (κ1) is 14.8. The van der Waals surface area contributed by atoms with Crippen molar-refractivity contribution in [2.24, 2.45) is 5.84 Å². The molecule has 0 saturated heterocycles. The van der Waals surface area contributed by atoms with Crippen molar-refractivity contribution in [1.29, 1.82) is 0 Å². The average molecular weight is 232 g/mol. The molecule has 0 radical (unpaired) electrons. The van der Waals surface area contributed by atoms with Gasteiger partial charge in [-0.1, -0.05) is 20.8 Å². The number of nitrogens with zero attached hydrogens (tertiary/aromatic N) is 1. The van der Waals surface area contributed by atoms with E-state index in [2.05, 4.69) is 33.9 Å². The van der Waals surface area contributed by atoms with Crippen molar-refractivity contribution in [3.63, 3.8) is 0 Å². The Kier molecular flexibility index (Phi) is 5.12. The summed E-state index contributed by atoms with van der Waals surface area (Å²) < 4.78 is 5.81. The first-order valence-electron chi connectivity index (χ1n) is 5.28. The van der Waals surface area contributed by atoms with Gasteiger partial charge in [-0.15, -0.1) is 5.17 Å². The molecule has 0 amide bonds. The second-order valence-corrected chi connectivity index (χ2v) is 10.2. The Balaban J connectivity index is 4.39. The number of aldehydes is 1. The summed E-state index contributed by atoms with van der Waals surface area (Å²) in [4.78, 5) is 10.4. The van der Waals surface area contributed by atoms with Gasteiger partial charge in [0.05, 0.1) is 6.04 Å². The van der Waals surface area contributed by atoms with Gasteiger partial charge in [-0.2, -0.15) is 0 Å². The quantitative estimate of drug-likeness (QED) is 0.341. The minimum absolute atomic E-state index is 0.0726. The number of hydrazine groups is 1. The number of hydroxylamine groups is 1. The fourth-order valence-electron chi connectivity index (χ4n) is 0.734. The van der Waals surface area contributed by atoms with Gasteiger partial charge >= 0.3 is 0 Å². The first-order chi connectivity index (χ1) is 6.62. The third-order valence-corrected chi connectivity index (χ3v) is 7.29. The van der Waals surface area contributed by atoms with Gasteiger partial charge in [0.15, 0.2) is 0 Å². The highest BCUT2D eigenvalue weighted by Crippen LogP contribution is 2.36. The van der Waals surface area contributed by atoms with Crippen LogP contribution in [0.5, 0.6) is 0 Å². The molecule has 0 heterocycles. The van der Waals surface area contributed by atoms with Crippen LogP contribution in [0.25, 0.3) is 0 Å². The van der Waals surface area contributed by atoms with Gasteiger partial charge in [0.2, 0.25) is 8.32 Å². The van der Waals surface area contributed by atoms with Crippen LogP contribution in [0.4, 0.5) is 0 Å². The van der Waals surface area contributed by atoms with E-state index in [0.29, 0.717) is 6.42 Å². The summed E-state index contributed by atoms with van der Waals surface area (Å²) in [6.45, 7) is 12.6. The van der Waals surface area contributed by atoms with E-state index in [9.17, 15) is 4.79 Å². The standard InChI is InChI=1S/C10H24N2O2Si/c1-9(7-8-13)12(11)14-15(5,6)10(2,3)4/h8-9H,7,11H2,1-6H3. The summed E-state index contributed by atoms with van der Waals surface area (Å²) in [5.74, 6) is 5.77. The highest BCUT2D eigenvalue weighted by atomic mass is 28.4. The molecule has 5 heteroatoms. The number of carbonyl (C=O) groups is 1. The van der Waals surface area contributed by atoms with Crippen LogP contribution < -0.4 is 5.84 Å². The first-order valence-corrected chi connectivity index (χ1v) is 8.19. The lowest BCUT2D eigenvalue weighted by Crippen LogP contribution is -2.52. The molecule has 0 aliphatic rings. The predicted molar refractivity (Wildman–Crippen MR) is 64.5 cm³/mol. The molecule has 0 aliphatic heterocycles. The Morgan fingerprint density at radius 2 is 1.93 bits per heavy atom. The molecule has 0 aromatic carbocycles. The van der Waals surface area contributed by atoms with E-state index in [1.54, 1.807) is 0 Å². The molecule has 15 heavy (non-hydrogen) atoms. The number of rotatable bonds is 5. The number of hydrogen-bond acceptors (Lipinski definition) is 4. The largest absolute Gasteiger partial charge is 0.329 e. The maximum absolute atomic E-state index is 10.4. The minimum atomic E-state index is -1.87. The van der Waals surface area contributed by atoms with E-state index in [1.807, 2.05) is 6.92 Å². The fourth-order valence-corrected chi connectivity index (χ4v) is 1.71. The van der Waals surface area contributed by atoms with E-state index in [-0.39, 0.29) is 11.1 Å². The topological polar surface area (TPSA) is 55.6 Å². The second kappa shape index (κ2) is 5.20. The Labute approximate surface area is 93.8 Å². The lowest BCUT2D eigenvalue weighted by atomic mass is 10.2. The van der Waals surface area contributed by atoms with Crippen LogP contribution >= 0.6 is 0 Å². The molecule has 0 fully saturated rings. The van der Waals surface area contributed by atoms with E-state index < -0.39 is 8.32 Å². The summed E-state index contributed by atoms with van der Waals surface area (Å²) in [6, 6.07) is -0.0726. The van der Waals surface area contributed by atoms with Crippen molar-refractivity contribution < 1.29 is 9.32 Å². The van der Waals surface area contributed by atoms with Crippen LogP contribution in [0.1, 0.15) is 34.1 Å². The molecule has 0 aromatic heterocycles. The van der Waals surface area contributed by atoms with Crippen LogP contribution in [0.2, 0.25) is 18.1 Å². The summed E-state index contributed by atoms with van der Waals surface area (Å²) >= 11 is 0. The van der Waals surface area contributed by atoms with Gasteiger partial charge in [0.1, 0.15) is 6.29 Å². The zero-order valence-corrected chi connectivity index (χ0v) is 11.7. The smallest absolute Gasteiger partial charge is 0.222 e. The molecule has 0 saturated carbocycles. The van der Waals surface area contributed by atoms with Crippen molar-refractivity contribution in [2.75, 3.05) is 0 Å². The van der Waals surface area contributed by atoms with E-state index in [0.717, 1.165) is 6.29 Å². The maximum Gasteiger partial charge on any atom is 0.222 e. The highest BCUT2D eigenvalue weighted by molar-refractivity contribution is 6.74. The van der Waals surface area contributed by atoms with Crippen molar-refractivity contribution >= 4 is 14.6 Å². The van der Waals surface area contributed by atoms with Gasteiger partial charge in [0, 0.05) is 6.42 Å². The molecule has 0 aliphatic carbocycles. The lowest BCUT2D eigenvalue weighted by Gasteiger charge is -2.39. The summed E-state index contributed by atoms with van der Waals surface area (Å²) in [5, 5.41) is 1.46. The zero-order chi connectivity index (χ0) is 12.3. The van der Waals surface area contributed by atoms with Crippen molar-refractivity contribution in [3.05, 3.63) is 0 Å². The lowest BCUT2D eigenvalue weighted by molar-refractivity contribution is -0.123. The fraction of sp³-hybridized carbons (Fsp3) is 0.900. The predicted octanol–water partition coefficient (Wildman–Crippen LogP) is 2.08. The molecule has 0 spiro atoms. The van der Waals surface area contributed by atoms with E-state index >= 15 is 0 Å². The molecule has 0 bridgehead atoms. The van der Waals surface area contributed by atoms with Gasteiger partial charge in [0.25, 0.3) is 0 Å². The van der Waals surface area contributed by atoms with Crippen LogP contribution in [-0.2, 0) is 9.32 Å². The third kappa shape index (κ3) is 4.42. The monoisotopic (exact) mass is 232 g/mol. The van der Waals surface area contributed by atoms with Crippen LogP contribution in [0.15, 0.2) is 0 Å². The summed E-state index contributed by atoms with van der Waals surface area (Å²) in [7, 11) is -1.87. The van der Waals surface area contributed by atoms with Crippen LogP contribution in [-0.4, -0.2) is 25.8 Å². The van der Waals surface area contributed by atoms with Crippen LogP contribution in [0.3, 0.4) is 0 Å².